The van der Waals surface area contributed by atoms with E-state index in [1.54, 1.807) is 11.1 Å². The van der Waals surface area contributed by atoms with Gasteiger partial charge in [0.2, 0.25) is 0 Å². The topological polar surface area (TPSA) is 0 Å². The van der Waals surface area contributed by atoms with E-state index in [1.165, 1.54) is 64.2 Å². The van der Waals surface area contributed by atoms with Gasteiger partial charge in [0.15, 0.2) is 0 Å². The van der Waals surface area contributed by atoms with Crippen LogP contribution in [0.4, 0.5) is 0 Å². The van der Waals surface area contributed by atoms with Crippen LogP contribution < -0.4 is 0 Å². The average Bonchev–Trinajstić information content (AvgIpc) is 2.44. The van der Waals surface area contributed by atoms with Crippen LogP contribution in [0.5, 0.6) is 0 Å². The fraction of sp³-hybridized carbons (Fsp3) is 0.667. The molecule has 1 aliphatic rings. The highest BCUT2D eigenvalue weighted by Gasteiger charge is 2.14. The molecule has 0 spiro atoms. The Bertz CT molecular complexity index is 340. The van der Waals surface area contributed by atoms with Gasteiger partial charge in [-0.3, -0.25) is 0 Å². The second-order valence-corrected chi connectivity index (χ2v) is 5.84. The van der Waals surface area contributed by atoms with Crippen LogP contribution in [0.25, 0.3) is 0 Å². The van der Waals surface area contributed by atoms with Crippen molar-refractivity contribution in [3.05, 3.63) is 35.4 Å². The highest BCUT2D eigenvalue weighted by atomic mass is 14.2. The molecular formula is C18H28. The van der Waals surface area contributed by atoms with E-state index in [0.29, 0.717) is 0 Å². The highest BCUT2D eigenvalue weighted by Crippen LogP contribution is 2.31. The molecule has 0 radical (unpaired) electrons. The summed E-state index contributed by atoms with van der Waals surface area (Å²) < 4.78 is 0. The summed E-state index contributed by atoms with van der Waals surface area (Å²) in [7, 11) is 0. The number of hydrogen-bond donors (Lipinski definition) is 0. The van der Waals surface area contributed by atoms with E-state index in [-0.39, 0.29) is 0 Å². The minimum Gasteiger partial charge on any atom is -0.0654 e. The standard InChI is InChI=1S/C18H28/c1-2-11-16-12-7-5-3-4-6-8-13-17-14-9-10-15-18(16)17/h9-10,14-16H,2-8,11-13H2,1H3. The van der Waals surface area contributed by atoms with Crippen molar-refractivity contribution in [2.24, 2.45) is 0 Å². The number of aryl methyl sites for hydroxylation is 1. The van der Waals surface area contributed by atoms with E-state index in [2.05, 4.69) is 31.2 Å². The van der Waals surface area contributed by atoms with Crippen molar-refractivity contribution in [1.29, 1.82) is 0 Å². The summed E-state index contributed by atoms with van der Waals surface area (Å²) >= 11 is 0. The Morgan fingerprint density at radius 1 is 0.944 bits per heavy atom. The Labute approximate surface area is 113 Å². The van der Waals surface area contributed by atoms with Gasteiger partial charge in [-0.25, -0.2) is 0 Å². The normalized spacial score (nSPS) is 21.9. The maximum atomic E-state index is 2.40. The van der Waals surface area contributed by atoms with Crippen LogP contribution in [0.15, 0.2) is 24.3 Å². The van der Waals surface area contributed by atoms with Crippen LogP contribution in [0.2, 0.25) is 0 Å². The molecule has 1 unspecified atom stereocenters. The highest BCUT2D eigenvalue weighted by molar-refractivity contribution is 5.30. The molecular weight excluding hydrogens is 216 g/mol. The van der Waals surface area contributed by atoms with Gasteiger partial charge in [-0.05, 0) is 42.7 Å². The Hall–Kier alpha value is -0.780. The lowest BCUT2D eigenvalue weighted by molar-refractivity contribution is 0.516. The Balaban J connectivity index is 2.17. The second-order valence-electron chi connectivity index (χ2n) is 5.84. The van der Waals surface area contributed by atoms with Crippen LogP contribution in [0.3, 0.4) is 0 Å². The monoisotopic (exact) mass is 244 g/mol. The molecule has 0 N–H and O–H groups in total. The Morgan fingerprint density at radius 3 is 2.50 bits per heavy atom. The maximum absolute atomic E-state index is 2.40. The first kappa shape index (κ1) is 13.6. The fourth-order valence-corrected chi connectivity index (χ4v) is 3.38. The van der Waals surface area contributed by atoms with Crippen molar-refractivity contribution >= 4 is 0 Å². The summed E-state index contributed by atoms with van der Waals surface area (Å²) in [6, 6.07) is 9.23. The van der Waals surface area contributed by atoms with Crippen LogP contribution in [0, 0.1) is 0 Å². The minimum atomic E-state index is 0.823. The molecule has 18 heavy (non-hydrogen) atoms. The molecule has 1 atom stereocenters. The molecule has 0 nitrogen and oxygen atoms in total. The number of hydrogen-bond acceptors (Lipinski definition) is 0. The summed E-state index contributed by atoms with van der Waals surface area (Å²) in [6.07, 6.45) is 14.0. The van der Waals surface area contributed by atoms with Crippen molar-refractivity contribution in [2.75, 3.05) is 0 Å². The zero-order valence-corrected chi connectivity index (χ0v) is 12.0. The fourth-order valence-electron chi connectivity index (χ4n) is 3.38. The van der Waals surface area contributed by atoms with Crippen LogP contribution in [0.1, 0.15) is 81.8 Å². The summed E-state index contributed by atoms with van der Waals surface area (Å²) in [5.74, 6) is 0.823. The molecule has 1 aromatic rings. The van der Waals surface area contributed by atoms with Gasteiger partial charge in [0.1, 0.15) is 0 Å². The Morgan fingerprint density at radius 2 is 1.67 bits per heavy atom. The van der Waals surface area contributed by atoms with Gasteiger partial charge in [-0.1, -0.05) is 69.7 Å². The van der Waals surface area contributed by atoms with E-state index in [4.69, 9.17) is 0 Å². The molecule has 0 amide bonds. The van der Waals surface area contributed by atoms with Crippen LogP contribution in [-0.4, -0.2) is 0 Å². The van der Waals surface area contributed by atoms with Crippen molar-refractivity contribution in [2.45, 2.75) is 77.0 Å². The molecule has 100 valence electrons. The molecule has 0 fully saturated rings. The molecule has 0 aliphatic heterocycles. The first-order valence-corrected chi connectivity index (χ1v) is 7.99. The van der Waals surface area contributed by atoms with E-state index < -0.39 is 0 Å². The molecule has 1 aromatic carbocycles. The van der Waals surface area contributed by atoms with Gasteiger partial charge in [0.25, 0.3) is 0 Å². The van der Waals surface area contributed by atoms with E-state index in [1.807, 2.05) is 0 Å². The van der Waals surface area contributed by atoms with Crippen molar-refractivity contribution < 1.29 is 0 Å². The maximum Gasteiger partial charge on any atom is -0.0159 e. The quantitative estimate of drug-likeness (QED) is 0.611. The molecule has 2 rings (SSSR count). The first-order chi connectivity index (χ1) is 8.92. The van der Waals surface area contributed by atoms with Gasteiger partial charge in [-0.15, -0.1) is 0 Å². The van der Waals surface area contributed by atoms with Crippen LogP contribution in [-0.2, 0) is 6.42 Å². The van der Waals surface area contributed by atoms with Crippen LogP contribution >= 0.6 is 0 Å². The van der Waals surface area contributed by atoms with Crippen molar-refractivity contribution in [1.82, 2.24) is 0 Å². The molecule has 0 heterocycles. The first-order valence-electron chi connectivity index (χ1n) is 7.99. The predicted octanol–water partition coefficient (Wildman–Crippen LogP) is 5.86. The zero-order valence-electron chi connectivity index (χ0n) is 12.0. The number of fused-ring (bicyclic) bond motifs is 1. The summed E-state index contributed by atoms with van der Waals surface area (Å²) in [6.45, 7) is 2.33. The molecule has 0 aromatic heterocycles. The van der Waals surface area contributed by atoms with E-state index >= 15 is 0 Å². The lowest BCUT2D eigenvalue weighted by Crippen LogP contribution is -2.03. The van der Waals surface area contributed by atoms with Crippen molar-refractivity contribution in [3.63, 3.8) is 0 Å². The second kappa shape index (κ2) is 7.61. The molecule has 0 saturated carbocycles. The minimum absolute atomic E-state index is 0.823. The SMILES string of the molecule is CCCC1CCCCCCCCc2ccccc21. The van der Waals surface area contributed by atoms with Gasteiger partial charge in [-0.2, -0.15) is 0 Å². The lowest BCUT2D eigenvalue weighted by Gasteiger charge is -2.20. The molecule has 1 aliphatic carbocycles. The van der Waals surface area contributed by atoms with Crippen molar-refractivity contribution in [3.8, 4) is 0 Å². The average molecular weight is 244 g/mol. The number of rotatable bonds is 2. The van der Waals surface area contributed by atoms with Gasteiger partial charge >= 0.3 is 0 Å². The third-order valence-electron chi connectivity index (χ3n) is 4.38. The van der Waals surface area contributed by atoms with Gasteiger partial charge < -0.3 is 0 Å². The summed E-state index contributed by atoms with van der Waals surface area (Å²) in [5, 5.41) is 0. The third-order valence-corrected chi connectivity index (χ3v) is 4.38. The zero-order chi connectivity index (χ0) is 12.6. The van der Waals surface area contributed by atoms with Gasteiger partial charge in [0.05, 0.1) is 0 Å². The molecule has 0 saturated heterocycles. The molecule has 0 bridgehead atoms. The van der Waals surface area contributed by atoms with E-state index in [9.17, 15) is 0 Å². The predicted molar refractivity (Wildman–Crippen MR) is 80.1 cm³/mol. The summed E-state index contributed by atoms with van der Waals surface area (Å²) in [5.41, 5.74) is 3.30. The van der Waals surface area contributed by atoms with E-state index in [0.717, 1.165) is 5.92 Å². The Kier molecular flexibility index (Phi) is 5.77. The summed E-state index contributed by atoms with van der Waals surface area (Å²) in [4.78, 5) is 0. The number of benzene rings is 1. The van der Waals surface area contributed by atoms with Gasteiger partial charge in [0, 0.05) is 0 Å². The third kappa shape index (κ3) is 3.86. The molecule has 0 heteroatoms. The smallest absolute Gasteiger partial charge is 0.0159 e. The lowest BCUT2D eigenvalue weighted by atomic mass is 9.85. The largest absolute Gasteiger partial charge is 0.0654 e.